The molecule has 0 saturated carbocycles. The topological polar surface area (TPSA) is 49.3 Å². The summed E-state index contributed by atoms with van der Waals surface area (Å²) in [5, 5.41) is 0. The Bertz CT molecular complexity index is 1090. The van der Waals surface area contributed by atoms with Crippen LogP contribution < -0.4 is 4.90 Å². The van der Waals surface area contributed by atoms with E-state index in [9.17, 15) is 4.79 Å². The van der Waals surface area contributed by atoms with Gasteiger partial charge in [0.1, 0.15) is 5.69 Å². The lowest BCUT2D eigenvalue weighted by molar-refractivity contribution is 0.0821. The molecule has 1 aliphatic heterocycles. The minimum Gasteiger partial charge on any atom is -0.365 e. The Morgan fingerprint density at radius 1 is 0.968 bits per heavy atom. The molecule has 5 nitrogen and oxygen atoms in total. The molecule has 1 amide bonds. The summed E-state index contributed by atoms with van der Waals surface area (Å²) in [7, 11) is 3.46. The molecule has 2 aromatic carbocycles. The first-order valence-corrected chi connectivity index (χ1v) is 10.7. The highest BCUT2D eigenvalue weighted by Crippen LogP contribution is 2.33. The van der Waals surface area contributed by atoms with Gasteiger partial charge in [0.2, 0.25) is 0 Å². The standard InChI is InChI=1S/C26H30N4O/c1-18-6-8-19(9-7-18)26(2,3)20-10-12-21(13-11-20)30-15-14-22-24(17-30)28-23(16-27-22)25(31)29(4)5/h6-13,16H,14-15,17H2,1-5H3. The van der Waals surface area contributed by atoms with Gasteiger partial charge in [-0.1, -0.05) is 55.8 Å². The van der Waals surface area contributed by atoms with Crippen LogP contribution in [0.5, 0.6) is 0 Å². The summed E-state index contributed by atoms with van der Waals surface area (Å²) in [6.07, 6.45) is 2.42. The largest absolute Gasteiger partial charge is 0.365 e. The van der Waals surface area contributed by atoms with E-state index in [0.717, 1.165) is 24.4 Å². The van der Waals surface area contributed by atoms with E-state index in [-0.39, 0.29) is 11.3 Å². The van der Waals surface area contributed by atoms with Gasteiger partial charge in [0.15, 0.2) is 0 Å². The van der Waals surface area contributed by atoms with Crippen LogP contribution in [0.3, 0.4) is 0 Å². The third kappa shape index (κ3) is 4.18. The van der Waals surface area contributed by atoms with Crippen LogP contribution in [-0.4, -0.2) is 41.4 Å². The third-order valence-corrected chi connectivity index (χ3v) is 6.24. The van der Waals surface area contributed by atoms with Crippen LogP contribution in [0.25, 0.3) is 0 Å². The minimum absolute atomic E-state index is 0.0619. The highest BCUT2D eigenvalue weighted by Gasteiger charge is 2.25. The molecule has 1 aliphatic rings. The number of carbonyl (C=O) groups is 1. The quantitative estimate of drug-likeness (QED) is 0.636. The molecule has 0 N–H and O–H groups in total. The van der Waals surface area contributed by atoms with Gasteiger partial charge < -0.3 is 9.80 Å². The molecule has 0 fully saturated rings. The molecule has 0 atom stereocenters. The minimum atomic E-state index is -0.116. The maximum absolute atomic E-state index is 12.3. The van der Waals surface area contributed by atoms with Crippen molar-refractivity contribution in [2.45, 2.75) is 39.2 Å². The van der Waals surface area contributed by atoms with Crippen LogP contribution in [-0.2, 0) is 18.4 Å². The first-order chi connectivity index (χ1) is 14.8. The van der Waals surface area contributed by atoms with Crippen molar-refractivity contribution >= 4 is 11.6 Å². The van der Waals surface area contributed by atoms with E-state index in [0.29, 0.717) is 12.2 Å². The molecule has 0 bridgehead atoms. The normalized spacial score (nSPS) is 13.6. The summed E-state index contributed by atoms with van der Waals surface area (Å²) in [6.45, 7) is 8.21. The van der Waals surface area contributed by atoms with E-state index in [4.69, 9.17) is 0 Å². The van der Waals surface area contributed by atoms with Crippen molar-refractivity contribution in [2.24, 2.45) is 0 Å². The van der Waals surface area contributed by atoms with Crippen LogP contribution in [0.15, 0.2) is 54.7 Å². The number of carbonyl (C=O) groups excluding carboxylic acids is 1. The molecule has 0 unspecified atom stereocenters. The predicted octanol–water partition coefficient (Wildman–Crippen LogP) is 4.38. The number of hydrogen-bond donors (Lipinski definition) is 0. The van der Waals surface area contributed by atoms with Gasteiger partial charge >= 0.3 is 0 Å². The molecule has 4 rings (SSSR count). The number of amides is 1. The number of anilines is 1. The van der Waals surface area contributed by atoms with Crippen molar-refractivity contribution in [3.8, 4) is 0 Å². The molecular weight excluding hydrogens is 384 g/mol. The summed E-state index contributed by atoms with van der Waals surface area (Å²) < 4.78 is 0. The first-order valence-electron chi connectivity index (χ1n) is 10.7. The number of hydrogen-bond acceptors (Lipinski definition) is 4. The summed E-state index contributed by atoms with van der Waals surface area (Å²) in [5.74, 6) is -0.116. The molecule has 3 aromatic rings. The van der Waals surface area contributed by atoms with Gasteiger partial charge in [-0.3, -0.25) is 9.78 Å². The highest BCUT2D eigenvalue weighted by molar-refractivity contribution is 5.91. The number of rotatable bonds is 4. The first kappa shape index (κ1) is 21.0. The van der Waals surface area contributed by atoms with Gasteiger partial charge in [0.05, 0.1) is 24.1 Å². The zero-order valence-corrected chi connectivity index (χ0v) is 19.0. The Hall–Kier alpha value is -3.21. The van der Waals surface area contributed by atoms with E-state index >= 15 is 0 Å². The summed E-state index contributed by atoms with van der Waals surface area (Å²) >= 11 is 0. The van der Waals surface area contributed by atoms with Crippen molar-refractivity contribution in [3.63, 3.8) is 0 Å². The van der Waals surface area contributed by atoms with E-state index in [1.165, 1.54) is 27.3 Å². The molecule has 5 heteroatoms. The lowest BCUT2D eigenvalue weighted by Crippen LogP contribution is -2.33. The Morgan fingerprint density at radius 2 is 1.58 bits per heavy atom. The van der Waals surface area contributed by atoms with E-state index in [1.54, 1.807) is 20.3 Å². The van der Waals surface area contributed by atoms with Gasteiger partial charge in [0.25, 0.3) is 5.91 Å². The van der Waals surface area contributed by atoms with E-state index in [2.05, 4.69) is 84.2 Å². The maximum Gasteiger partial charge on any atom is 0.273 e. The number of benzene rings is 2. The Labute approximate surface area is 184 Å². The molecule has 0 spiro atoms. The fourth-order valence-corrected chi connectivity index (χ4v) is 4.07. The molecule has 1 aromatic heterocycles. The number of aryl methyl sites for hydroxylation is 1. The predicted molar refractivity (Wildman–Crippen MR) is 125 cm³/mol. The van der Waals surface area contributed by atoms with Crippen LogP contribution in [0, 0.1) is 6.92 Å². The van der Waals surface area contributed by atoms with Crippen molar-refractivity contribution < 1.29 is 4.79 Å². The van der Waals surface area contributed by atoms with Gasteiger partial charge in [-0.15, -0.1) is 0 Å². The highest BCUT2D eigenvalue weighted by atomic mass is 16.2. The fourth-order valence-electron chi connectivity index (χ4n) is 4.07. The average molecular weight is 415 g/mol. The number of fused-ring (bicyclic) bond motifs is 1. The monoisotopic (exact) mass is 414 g/mol. The number of aromatic nitrogens is 2. The van der Waals surface area contributed by atoms with E-state index < -0.39 is 0 Å². The fraction of sp³-hybridized carbons (Fsp3) is 0.346. The molecule has 0 saturated heterocycles. The van der Waals surface area contributed by atoms with Crippen molar-refractivity contribution in [1.29, 1.82) is 0 Å². The zero-order chi connectivity index (χ0) is 22.2. The van der Waals surface area contributed by atoms with Crippen LogP contribution in [0.2, 0.25) is 0 Å². The summed E-state index contributed by atoms with van der Waals surface area (Å²) in [4.78, 5) is 25.2. The van der Waals surface area contributed by atoms with Gasteiger partial charge in [-0.05, 0) is 30.2 Å². The van der Waals surface area contributed by atoms with Gasteiger partial charge in [-0.2, -0.15) is 0 Å². The molecule has 0 radical (unpaired) electrons. The second kappa shape index (κ2) is 8.14. The molecule has 2 heterocycles. The van der Waals surface area contributed by atoms with Gasteiger partial charge in [0, 0.05) is 38.2 Å². The smallest absolute Gasteiger partial charge is 0.273 e. The number of nitrogens with zero attached hydrogens (tertiary/aromatic N) is 4. The third-order valence-electron chi connectivity index (χ3n) is 6.24. The zero-order valence-electron chi connectivity index (χ0n) is 19.0. The second-order valence-corrected chi connectivity index (χ2v) is 9.06. The SMILES string of the molecule is Cc1ccc(C(C)(C)c2ccc(N3CCc4ncc(C(=O)N(C)C)nc4C3)cc2)cc1. The van der Waals surface area contributed by atoms with Crippen LogP contribution >= 0.6 is 0 Å². The van der Waals surface area contributed by atoms with Crippen LogP contribution in [0.1, 0.15) is 52.4 Å². The Balaban J connectivity index is 1.55. The Morgan fingerprint density at radius 3 is 2.19 bits per heavy atom. The van der Waals surface area contributed by atoms with Crippen molar-refractivity contribution in [2.75, 3.05) is 25.5 Å². The summed E-state index contributed by atoms with van der Waals surface area (Å²) in [6, 6.07) is 17.6. The average Bonchev–Trinajstić information content (AvgIpc) is 2.78. The molecule has 0 aliphatic carbocycles. The van der Waals surface area contributed by atoms with E-state index in [1.807, 2.05) is 0 Å². The Kier molecular flexibility index (Phi) is 5.52. The second-order valence-electron chi connectivity index (χ2n) is 9.06. The lowest BCUT2D eigenvalue weighted by Gasteiger charge is -2.31. The maximum atomic E-state index is 12.3. The lowest BCUT2D eigenvalue weighted by atomic mass is 9.78. The molecule has 160 valence electrons. The molecular formula is C26H30N4O. The van der Waals surface area contributed by atoms with Crippen molar-refractivity contribution in [3.05, 3.63) is 88.5 Å². The van der Waals surface area contributed by atoms with Crippen molar-refractivity contribution in [1.82, 2.24) is 14.9 Å². The summed E-state index contributed by atoms with van der Waals surface area (Å²) in [5.41, 5.74) is 7.27. The van der Waals surface area contributed by atoms with Gasteiger partial charge in [-0.25, -0.2) is 4.98 Å². The van der Waals surface area contributed by atoms with Crippen LogP contribution in [0.4, 0.5) is 5.69 Å². The molecule has 31 heavy (non-hydrogen) atoms.